The largest absolute Gasteiger partial charge is 0.497 e. The van der Waals surface area contributed by atoms with Crippen LogP contribution in [0.25, 0.3) is 0 Å². The molecule has 0 saturated carbocycles. The lowest BCUT2D eigenvalue weighted by Gasteiger charge is -2.22. The summed E-state index contributed by atoms with van der Waals surface area (Å²) < 4.78 is 5.13. The average Bonchev–Trinajstić information content (AvgIpc) is 2.64. The molecule has 138 valence electrons. The van der Waals surface area contributed by atoms with Crippen molar-refractivity contribution in [3.8, 4) is 5.75 Å². The van der Waals surface area contributed by atoms with Crippen LogP contribution in [-0.2, 0) is 11.3 Å². The molecule has 0 radical (unpaired) electrons. The van der Waals surface area contributed by atoms with E-state index in [2.05, 4.69) is 10.6 Å². The summed E-state index contributed by atoms with van der Waals surface area (Å²) in [4.78, 5) is 25.1. The Morgan fingerprint density at radius 2 is 1.69 bits per heavy atom. The van der Waals surface area contributed by atoms with Crippen LogP contribution < -0.4 is 15.4 Å². The zero-order chi connectivity index (χ0) is 19.1. The van der Waals surface area contributed by atoms with E-state index in [0.29, 0.717) is 12.1 Å². The zero-order valence-electron chi connectivity index (χ0n) is 15.7. The third-order valence-electron chi connectivity index (χ3n) is 4.25. The SMILES string of the molecule is COc1ccc(CNC(=O)[C@@H](NC(=O)c2ccccc2C)C(C)C)cc1. The van der Waals surface area contributed by atoms with Gasteiger partial charge in [0.2, 0.25) is 5.91 Å². The van der Waals surface area contributed by atoms with Gasteiger partial charge in [0.15, 0.2) is 0 Å². The maximum Gasteiger partial charge on any atom is 0.252 e. The van der Waals surface area contributed by atoms with Crippen LogP contribution in [0.4, 0.5) is 0 Å². The molecule has 0 aliphatic rings. The maximum atomic E-state index is 12.6. The van der Waals surface area contributed by atoms with Gasteiger partial charge in [-0.15, -0.1) is 0 Å². The van der Waals surface area contributed by atoms with Crippen molar-refractivity contribution in [2.24, 2.45) is 5.92 Å². The number of benzene rings is 2. The van der Waals surface area contributed by atoms with Crippen LogP contribution in [0.3, 0.4) is 0 Å². The maximum absolute atomic E-state index is 12.6. The van der Waals surface area contributed by atoms with E-state index < -0.39 is 6.04 Å². The Balaban J connectivity index is 2.00. The number of carbonyl (C=O) groups excluding carboxylic acids is 2. The Morgan fingerprint density at radius 1 is 1.04 bits per heavy atom. The summed E-state index contributed by atoms with van der Waals surface area (Å²) in [6.45, 7) is 6.10. The highest BCUT2D eigenvalue weighted by molar-refractivity contribution is 5.98. The molecule has 5 heteroatoms. The second kappa shape index (κ2) is 9.04. The van der Waals surface area contributed by atoms with Crippen molar-refractivity contribution in [3.05, 3.63) is 65.2 Å². The van der Waals surface area contributed by atoms with Crippen LogP contribution in [-0.4, -0.2) is 25.0 Å². The van der Waals surface area contributed by atoms with Crippen LogP contribution in [0.1, 0.15) is 35.3 Å². The van der Waals surface area contributed by atoms with Crippen molar-refractivity contribution in [3.63, 3.8) is 0 Å². The molecule has 2 aromatic carbocycles. The number of rotatable bonds is 7. The standard InChI is InChI=1S/C21H26N2O3/c1-14(2)19(23-20(24)18-8-6-5-7-15(18)3)21(25)22-13-16-9-11-17(26-4)12-10-16/h5-12,14,19H,13H2,1-4H3,(H,22,25)(H,23,24)/t19-/m0/s1. The van der Waals surface area contributed by atoms with Crippen molar-refractivity contribution in [2.45, 2.75) is 33.4 Å². The van der Waals surface area contributed by atoms with Gasteiger partial charge < -0.3 is 15.4 Å². The lowest BCUT2D eigenvalue weighted by atomic mass is 10.0. The Hall–Kier alpha value is -2.82. The number of hydrogen-bond donors (Lipinski definition) is 2. The molecular weight excluding hydrogens is 328 g/mol. The molecule has 0 aromatic heterocycles. The minimum absolute atomic E-state index is 0.0289. The highest BCUT2D eigenvalue weighted by atomic mass is 16.5. The summed E-state index contributed by atoms with van der Waals surface area (Å²) >= 11 is 0. The summed E-state index contributed by atoms with van der Waals surface area (Å²) in [6, 6.07) is 14.2. The fourth-order valence-corrected chi connectivity index (χ4v) is 2.62. The third-order valence-corrected chi connectivity index (χ3v) is 4.25. The molecule has 0 aliphatic heterocycles. The molecule has 0 fully saturated rings. The van der Waals surface area contributed by atoms with Gasteiger partial charge in [-0.3, -0.25) is 9.59 Å². The van der Waals surface area contributed by atoms with E-state index in [0.717, 1.165) is 16.9 Å². The number of amides is 2. The molecule has 0 heterocycles. The number of methoxy groups -OCH3 is 1. The third kappa shape index (κ3) is 5.09. The Labute approximate surface area is 154 Å². The van der Waals surface area contributed by atoms with E-state index in [-0.39, 0.29) is 17.7 Å². The predicted octanol–water partition coefficient (Wildman–Crippen LogP) is 3.07. The molecule has 0 unspecified atom stereocenters. The first kappa shape index (κ1) is 19.5. The zero-order valence-corrected chi connectivity index (χ0v) is 15.7. The number of carbonyl (C=O) groups is 2. The molecule has 2 amide bonds. The van der Waals surface area contributed by atoms with Crippen molar-refractivity contribution < 1.29 is 14.3 Å². The van der Waals surface area contributed by atoms with Crippen molar-refractivity contribution in [1.29, 1.82) is 0 Å². The van der Waals surface area contributed by atoms with Crippen molar-refractivity contribution in [2.75, 3.05) is 7.11 Å². The van der Waals surface area contributed by atoms with Gasteiger partial charge in [0.05, 0.1) is 7.11 Å². The van der Waals surface area contributed by atoms with Gasteiger partial charge in [-0.1, -0.05) is 44.2 Å². The number of hydrogen-bond acceptors (Lipinski definition) is 3. The van der Waals surface area contributed by atoms with Gasteiger partial charge in [-0.05, 0) is 42.2 Å². The van der Waals surface area contributed by atoms with Gasteiger partial charge in [0.1, 0.15) is 11.8 Å². The second-order valence-corrected chi connectivity index (χ2v) is 6.58. The highest BCUT2D eigenvalue weighted by Crippen LogP contribution is 2.12. The minimum atomic E-state index is -0.597. The van der Waals surface area contributed by atoms with Gasteiger partial charge >= 0.3 is 0 Å². The van der Waals surface area contributed by atoms with E-state index in [4.69, 9.17) is 4.74 Å². The first-order valence-electron chi connectivity index (χ1n) is 8.69. The van der Waals surface area contributed by atoms with E-state index in [1.807, 2.05) is 63.2 Å². The van der Waals surface area contributed by atoms with Crippen molar-refractivity contribution >= 4 is 11.8 Å². The number of nitrogens with one attached hydrogen (secondary N) is 2. The van der Waals surface area contributed by atoms with E-state index in [1.54, 1.807) is 13.2 Å². The van der Waals surface area contributed by atoms with Crippen molar-refractivity contribution in [1.82, 2.24) is 10.6 Å². The van der Waals surface area contributed by atoms with Crippen LogP contribution in [0, 0.1) is 12.8 Å². The van der Waals surface area contributed by atoms with Crippen LogP contribution >= 0.6 is 0 Å². The monoisotopic (exact) mass is 354 g/mol. The topological polar surface area (TPSA) is 67.4 Å². The molecule has 0 aliphatic carbocycles. The van der Waals surface area contributed by atoms with Gasteiger partial charge in [0.25, 0.3) is 5.91 Å². The summed E-state index contributed by atoms with van der Waals surface area (Å²) in [6.07, 6.45) is 0. The number of ether oxygens (including phenoxy) is 1. The quantitative estimate of drug-likeness (QED) is 0.803. The predicted molar refractivity (Wildman–Crippen MR) is 102 cm³/mol. The fourth-order valence-electron chi connectivity index (χ4n) is 2.62. The molecule has 26 heavy (non-hydrogen) atoms. The van der Waals surface area contributed by atoms with E-state index in [9.17, 15) is 9.59 Å². The van der Waals surface area contributed by atoms with E-state index >= 15 is 0 Å². The smallest absolute Gasteiger partial charge is 0.252 e. The lowest BCUT2D eigenvalue weighted by molar-refractivity contribution is -0.124. The minimum Gasteiger partial charge on any atom is -0.497 e. The average molecular weight is 354 g/mol. The molecule has 2 N–H and O–H groups in total. The van der Waals surface area contributed by atoms with Gasteiger partial charge in [0, 0.05) is 12.1 Å². The lowest BCUT2D eigenvalue weighted by Crippen LogP contribution is -2.49. The first-order valence-corrected chi connectivity index (χ1v) is 8.69. The summed E-state index contributed by atoms with van der Waals surface area (Å²) in [5, 5.41) is 5.75. The normalized spacial score (nSPS) is 11.7. The number of aryl methyl sites for hydroxylation is 1. The van der Waals surface area contributed by atoms with Crippen LogP contribution in [0.5, 0.6) is 5.75 Å². The second-order valence-electron chi connectivity index (χ2n) is 6.58. The van der Waals surface area contributed by atoms with Crippen LogP contribution in [0.2, 0.25) is 0 Å². The summed E-state index contributed by atoms with van der Waals surface area (Å²) in [5.41, 5.74) is 2.43. The van der Waals surface area contributed by atoms with E-state index in [1.165, 1.54) is 0 Å². The highest BCUT2D eigenvalue weighted by Gasteiger charge is 2.24. The molecule has 5 nitrogen and oxygen atoms in total. The Kier molecular flexibility index (Phi) is 6.78. The molecule has 0 saturated heterocycles. The Bertz CT molecular complexity index is 754. The first-order chi connectivity index (χ1) is 12.4. The molecular formula is C21H26N2O3. The summed E-state index contributed by atoms with van der Waals surface area (Å²) in [5.74, 6) is 0.309. The van der Waals surface area contributed by atoms with Crippen LogP contribution in [0.15, 0.2) is 48.5 Å². The van der Waals surface area contributed by atoms with Gasteiger partial charge in [-0.2, -0.15) is 0 Å². The molecule has 0 bridgehead atoms. The fraction of sp³-hybridized carbons (Fsp3) is 0.333. The molecule has 0 spiro atoms. The Morgan fingerprint density at radius 3 is 2.27 bits per heavy atom. The molecule has 2 aromatic rings. The summed E-state index contributed by atoms with van der Waals surface area (Å²) in [7, 11) is 1.61. The molecule has 1 atom stereocenters. The van der Waals surface area contributed by atoms with Gasteiger partial charge in [-0.25, -0.2) is 0 Å². The molecule has 2 rings (SSSR count).